The van der Waals surface area contributed by atoms with Crippen LogP contribution in [0.1, 0.15) is 15.9 Å². The Morgan fingerprint density at radius 1 is 1.33 bits per heavy atom. The van der Waals surface area contributed by atoms with Crippen molar-refractivity contribution in [1.29, 1.82) is 0 Å². The molecule has 1 heterocycles. The Kier molecular flexibility index (Phi) is 2.35. The highest BCUT2D eigenvalue weighted by molar-refractivity contribution is 6.52. The summed E-state index contributed by atoms with van der Waals surface area (Å²) in [6, 6.07) is 5.07. The molecule has 1 aromatic rings. The Balaban J connectivity index is 2.49. The molecule has 76 valence electrons. The molecular weight excluding hydrogens is 194 g/mol. The first kappa shape index (κ1) is 9.61. The predicted molar refractivity (Wildman–Crippen MR) is 55.5 cm³/mol. The van der Waals surface area contributed by atoms with Crippen molar-refractivity contribution in [2.75, 3.05) is 11.9 Å². The quantitative estimate of drug-likeness (QED) is 0.699. The maximum atomic E-state index is 11.3. The lowest BCUT2D eigenvalue weighted by Crippen LogP contribution is -2.12. The Morgan fingerprint density at radius 2 is 2.13 bits per heavy atom. The second-order valence-electron chi connectivity index (χ2n) is 3.14. The Hall–Kier alpha value is -1.94. The summed E-state index contributed by atoms with van der Waals surface area (Å²) in [5, 5.41) is 11.1. The third-order valence-electron chi connectivity index (χ3n) is 2.19. The van der Waals surface area contributed by atoms with Crippen LogP contribution in [0, 0.1) is 0 Å². The van der Waals surface area contributed by atoms with Gasteiger partial charge in [-0.05, 0) is 11.6 Å². The largest absolute Gasteiger partial charge is 0.392 e. The predicted octanol–water partition coefficient (Wildman–Crippen LogP) is 0.827. The monoisotopic (exact) mass is 203 g/mol. The van der Waals surface area contributed by atoms with Crippen molar-refractivity contribution in [3.63, 3.8) is 0 Å². The van der Waals surface area contributed by atoms with Gasteiger partial charge in [-0.25, -0.2) is 0 Å². The minimum atomic E-state index is -0.602. The van der Waals surface area contributed by atoms with Crippen LogP contribution in [0.4, 0.5) is 5.69 Å². The fraction of sp³-hybridized carbons (Fsp3) is 0.0909. The van der Waals surface area contributed by atoms with Gasteiger partial charge in [0, 0.05) is 0 Å². The van der Waals surface area contributed by atoms with Crippen LogP contribution in [-0.4, -0.2) is 23.4 Å². The van der Waals surface area contributed by atoms with Gasteiger partial charge in [0.25, 0.3) is 11.7 Å². The highest BCUT2D eigenvalue weighted by atomic mass is 16.2. The van der Waals surface area contributed by atoms with Crippen molar-refractivity contribution in [2.24, 2.45) is 0 Å². The molecule has 1 aliphatic rings. The number of para-hydroxylation sites is 1. The molecule has 2 N–H and O–H groups in total. The summed E-state index contributed by atoms with van der Waals surface area (Å²) in [5.74, 6) is -1.11. The lowest BCUT2D eigenvalue weighted by molar-refractivity contribution is -0.112. The van der Waals surface area contributed by atoms with Gasteiger partial charge in [-0.15, -0.1) is 0 Å². The number of ketones is 1. The number of carbonyl (C=O) groups excluding carboxylic acids is 2. The molecule has 2 rings (SSSR count). The van der Waals surface area contributed by atoms with E-state index in [2.05, 4.69) is 5.32 Å². The maximum absolute atomic E-state index is 11.3. The molecule has 0 atom stereocenters. The number of benzene rings is 1. The van der Waals surface area contributed by atoms with Crippen LogP contribution in [0.3, 0.4) is 0 Å². The fourth-order valence-electron chi connectivity index (χ4n) is 1.51. The van der Waals surface area contributed by atoms with E-state index in [9.17, 15) is 9.59 Å². The van der Waals surface area contributed by atoms with Crippen LogP contribution < -0.4 is 5.32 Å². The lowest BCUT2D eigenvalue weighted by Gasteiger charge is -2.01. The van der Waals surface area contributed by atoms with Crippen molar-refractivity contribution in [2.45, 2.75) is 0 Å². The van der Waals surface area contributed by atoms with E-state index >= 15 is 0 Å². The summed E-state index contributed by atoms with van der Waals surface area (Å²) in [5.41, 5.74) is 1.64. The molecule has 0 unspecified atom stereocenters. The molecule has 4 nitrogen and oxygen atoms in total. The van der Waals surface area contributed by atoms with E-state index in [0.29, 0.717) is 11.3 Å². The van der Waals surface area contributed by atoms with Crippen molar-refractivity contribution < 1.29 is 14.7 Å². The lowest BCUT2D eigenvalue weighted by atomic mass is 10.1. The standard InChI is InChI=1S/C11H9NO3/c13-6-2-4-7-3-1-5-8-9(7)12-11(15)10(8)14/h1-5,13H,6H2,(H,12,14,15). The van der Waals surface area contributed by atoms with Gasteiger partial charge in [0.05, 0.1) is 17.9 Å². The fourth-order valence-corrected chi connectivity index (χ4v) is 1.51. The first-order valence-electron chi connectivity index (χ1n) is 4.50. The van der Waals surface area contributed by atoms with Crippen LogP contribution in [-0.2, 0) is 4.79 Å². The van der Waals surface area contributed by atoms with E-state index < -0.39 is 11.7 Å². The number of fused-ring (bicyclic) bond motifs is 1. The number of aliphatic hydroxyl groups excluding tert-OH is 1. The highest BCUT2D eigenvalue weighted by Gasteiger charge is 2.28. The molecule has 1 amide bonds. The zero-order chi connectivity index (χ0) is 10.8. The summed E-state index contributed by atoms with van der Waals surface area (Å²) >= 11 is 0. The molecule has 1 aromatic carbocycles. The molecule has 4 heteroatoms. The van der Waals surface area contributed by atoms with Gasteiger partial charge in [-0.1, -0.05) is 24.3 Å². The van der Waals surface area contributed by atoms with Crippen molar-refractivity contribution in [3.05, 3.63) is 35.4 Å². The normalized spacial score (nSPS) is 14.5. The molecule has 0 saturated carbocycles. The Bertz CT molecular complexity index is 463. The van der Waals surface area contributed by atoms with E-state index in [4.69, 9.17) is 5.11 Å². The third kappa shape index (κ3) is 1.55. The van der Waals surface area contributed by atoms with Crippen LogP contribution in [0.25, 0.3) is 6.08 Å². The number of Topliss-reactive ketones (excluding diaryl/α,β-unsaturated/α-hetero) is 1. The second-order valence-corrected chi connectivity index (χ2v) is 3.14. The molecule has 0 saturated heterocycles. The number of amides is 1. The Labute approximate surface area is 86.2 Å². The van der Waals surface area contributed by atoms with Gasteiger partial charge in [0.1, 0.15) is 0 Å². The van der Waals surface area contributed by atoms with E-state index in [1.54, 1.807) is 30.4 Å². The number of nitrogens with one attached hydrogen (secondary N) is 1. The minimum absolute atomic E-state index is 0.0778. The van der Waals surface area contributed by atoms with Gasteiger partial charge >= 0.3 is 0 Å². The van der Waals surface area contributed by atoms with Crippen molar-refractivity contribution in [3.8, 4) is 0 Å². The molecular formula is C11H9NO3. The van der Waals surface area contributed by atoms with Crippen LogP contribution in [0.15, 0.2) is 24.3 Å². The third-order valence-corrected chi connectivity index (χ3v) is 2.19. The summed E-state index contributed by atoms with van der Waals surface area (Å²) in [7, 11) is 0. The van der Waals surface area contributed by atoms with Gasteiger partial charge in [0.15, 0.2) is 0 Å². The van der Waals surface area contributed by atoms with Crippen molar-refractivity contribution in [1.82, 2.24) is 0 Å². The number of hydrogen-bond acceptors (Lipinski definition) is 3. The molecule has 15 heavy (non-hydrogen) atoms. The van der Waals surface area contributed by atoms with E-state index in [-0.39, 0.29) is 6.61 Å². The number of anilines is 1. The number of hydrogen-bond donors (Lipinski definition) is 2. The number of aliphatic hydroxyl groups is 1. The van der Waals surface area contributed by atoms with Gasteiger partial charge in [0.2, 0.25) is 0 Å². The summed E-state index contributed by atoms with van der Waals surface area (Å²) in [4.78, 5) is 22.5. The number of rotatable bonds is 2. The van der Waals surface area contributed by atoms with Crippen molar-refractivity contribution >= 4 is 23.5 Å². The average molecular weight is 203 g/mol. The molecule has 0 fully saturated rings. The highest BCUT2D eigenvalue weighted by Crippen LogP contribution is 2.27. The van der Waals surface area contributed by atoms with Crippen LogP contribution >= 0.6 is 0 Å². The van der Waals surface area contributed by atoms with E-state index in [1.807, 2.05) is 0 Å². The minimum Gasteiger partial charge on any atom is -0.392 e. The smallest absolute Gasteiger partial charge is 0.296 e. The van der Waals surface area contributed by atoms with Gasteiger partial charge in [-0.2, -0.15) is 0 Å². The molecule has 0 spiro atoms. The summed E-state index contributed by atoms with van der Waals surface area (Å²) in [6.45, 7) is -0.0778. The molecule has 0 aromatic heterocycles. The molecule has 1 aliphatic heterocycles. The first-order valence-corrected chi connectivity index (χ1v) is 4.50. The first-order chi connectivity index (χ1) is 7.24. The second kappa shape index (κ2) is 3.67. The molecule has 0 radical (unpaired) electrons. The van der Waals surface area contributed by atoms with Gasteiger partial charge < -0.3 is 10.4 Å². The summed E-state index contributed by atoms with van der Waals surface area (Å²) < 4.78 is 0. The Morgan fingerprint density at radius 3 is 2.87 bits per heavy atom. The van der Waals surface area contributed by atoms with E-state index in [0.717, 1.165) is 5.56 Å². The average Bonchev–Trinajstić information content (AvgIpc) is 2.53. The van der Waals surface area contributed by atoms with Crippen LogP contribution in [0.5, 0.6) is 0 Å². The van der Waals surface area contributed by atoms with Gasteiger partial charge in [-0.3, -0.25) is 9.59 Å². The van der Waals surface area contributed by atoms with Crippen LogP contribution in [0.2, 0.25) is 0 Å². The SMILES string of the molecule is O=C1Nc2c(C=CCO)cccc2C1=O. The maximum Gasteiger partial charge on any atom is 0.296 e. The van der Waals surface area contributed by atoms with E-state index in [1.165, 1.54) is 0 Å². The topological polar surface area (TPSA) is 66.4 Å². The molecule has 0 bridgehead atoms. The zero-order valence-corrected chi connectivity index (χ0v) is 7.86. The zero-order valence-electron chi connectivity index (χ0n) is 7.86. The number of carbonyl (C=O) groups is 2. The molecule has 0 aliphatic carbocycles. The summed E-state index contributed by atoms with van der Waals surface area (Å²) in [6.07, 6.45) is 3.21.